The molecule has 0 fully saturated rings. The van der Waals surface area contributed by atoms with Gasteiger partial charge in [-0.25, -0.2) is 0 Å². The number of halogens is 3. The average Bonchev–Trinajstić information content (AvgIpc) is 2.37. The molecule has 0 spiro atoms. The Morgan fingerprint density at radius 1 is 0.667 bits per heavy atom. The van der Waals surface area contributed by atoms with Crippen LogP contribution in [0, 0.1) is 0 Å². The van der Waals surface area contributed by atoms with Gasteiger partial charge in [-0.1, -0.05) is 118 Å². The quantitative estimate of drug-likeness (QED) is 0.179. The fourth-order valence-corrected chi connectivity index (χ4v) is 3.31. The monoisotopic (exact) mass is 488 g/mol. The number of unbranched alkanes of at least 4 members (excludes halogenated alkanes) is 11. The minimum atomic E-state index is -0.0442. The number of carbonyl (C=O) groups excluding carboxylic acids is 1. The maximum atomic E-state index is 10.8. The van der Waals surface area contributed by atoms with Gasteiger partial charge in [-0.15, -0.1) is 0 Å². The Bertz CT molecular complexity index is 249. The number of rotatable bonds is 14. The lowest BCUT2D eigenvalue weighted by Gasteiger charge is -2.10. The first-order valence-electron chi connectivity index (χ1n) is 8.48. The third-order valence-corrected chi connectivity index (χ3v) is 4.93. The molecular weight excluding hydrogens is 460 g/mol. The van der Waals surface area contributed by atoms with Crippen LogP contribution in [0.25, 0.3) is 0 Å². The largest absolute Gasteiger partial charge is 0.300 e. The van der Waals surface area contributed by atoms with Crippen molar-refractivity contribution >= 4 is 53.6 Å². The van der Waals surface area contributed by atoms with Crippen molar-refractivity contribution in [3.63, 3.8) is 0 Å². The van der Waals surface area contributed by atoms with Gasteiger partial charge in [0.1, 0.15) is 7.93 Å². The lowest BCUT2D eigenvalue weighted by Crippen LogP contribution is -1.98. The summed E-state index contributed by atoms with van der Waals surface area (Å²) < 4.78 is -0.0442. The second-order valence-corrected chi connectivity index (χ2v) is 13.3. The van der Waals surface area contributed by atoms with Crippen LogP contribution in [0.2, 0.25) is 0 Å². The Balaban J connectivity index is 3.04. The van der Waals surface area contributed by atoms with Crippen molar-refractivity contribution in [2.75, 3.05) is 0 Å². The normalized spacial score (nSPS) is 11.8. The standard InChI is InChI=1S/C17H31Br3O/c1-16(21)14-12-10-8-6-4-2-3-5-7-9-11-13-15-17(18,19)20/h2-15H2,1H3. The molecule has 0 radical (unpaired) electrons. The van der Waals surface area contributed by atoms with Gasteiger partial charge in [-0.05, 0) is 19.8 Å². The second-order valence-electron chi connectivity index (χ2n) is 6.06. The van der Waals surface area contributed by atoms with Crippen LogP contribution in [0.5, 0.6) is 0 Å². The molecule has 0 aliphatic heterocycles. The SMILES string of the molecule is CC(=O)CCCCCCCCCCCCCCC(Br)(Br)Br. The van der Waals surface area contributed by atoms with E-state index < -0.39 is 0 Å². The molecule has 0 saturated carbocycles. The minimum absolute atomic E-state index is 0.0442. The highest BCUT2D eigenvalue weighted by atomic mass is 80.0. The van der Waals surface area contributed by atoms with E-state index in [9.17, 15) is 4.79 Å². The number of alkyl halides is 3. The zero-order valence-electron chi connectivity index (χ0n) is 13.4. The van der Waals surface area contributed by atoms with E-state index in [1.54, 1.807) is 6.92 Å². The van der Waals surface area contributed by atoms with Gasteiger partial charge in [0.2, 0.25) is 0 Å². The molecule has 0 heterocycles. The molecule has 0 aliphatic carbocycles. The molecule has 0 aromatic heterocycles. The predicted molar refractivity (Wildman–Crippen MR) is 105 cm³/mol. The van der Waals surface area contributed by atoms with Crippen molar-refractivity contribution in [2.45, 2.75) is 99.0 Å². The number of carbonyl (C=O) groups is 1. The van der Waals surface area contributed by atoms with Crippen molar-refractivity contribution in [2.24, 2.45) is 0 Å². The van der Waals surface area contributed by atoms with Gasteiger partial charge in [-0.3, -0.25) is 0 Å². The van der Waals surface area contributed by atoms with Crippen LogP contribution in [0.3, 0.4) is 0 Å². The summed E-state index contributed by atoms with van der Waals surface area (Å²) in [5.74, 6) is 0.337. The van der Waals surface area contributed by atoms with Crippen molar-refractivity contribution in [1.82, 2.24) is 0 Å². The van der Waals surface area contributed by atoms with Crippen LogP contribution in [0.1, 0.15) is 96.8 Å². The van der Waals surface area contributed by atoms with Crippen molar-refractivity contribution in [3.8, 4) is 0 Å². The molecular formula is C17H31Br3O. The van der Waals surface area contributed by atoms with Crippen molar-refractivity contribution < 1.29 is 4.79 Å². The van der Waals surface area contributed by atoms with Gasteiger partial charge < -0.3 is 4.79 Å². The number of hydrogen-bond acceptors (Lipinski definition) is 1. The van der Waals surface area contributed by atoms with E-state index in [0.29, 0.717) is 5.78 Å². The van der Waals surface area contributed by atoms with Crippen molar-refractivity contribution in [3.05, 3.63) is 0 Å². The van der Waals surface area contributed by atoms with Crippen LogP contribution in [-0.4, -0.2) is 7.93 Å². The van der Waals surface area contributed by atoms with E-state index in [0.717, 1.165) is 19.3 Å². The van der Waals surface area contributed by atoms with Gasteiger partial charge in [0, 0.05) is 6.42 Å². The Hall–Kier alpha value is 1.11. The first kappa shape index (κ1) is 22.1. The molecule has 0 amide bonds. The van der Waals surface area contributed by atoms with E-state index in [2.05, 4.69) is 47.8 Å². The summed E-state index contributed by atoms with van der Waals surface area (Å²) >= 11 is 10.6. The third kappa shape index (κ3) is 21.1. The average molecular weight is 491 g/mol. The highest BCUT2D eigenvalue weighted by Crippen LogP contribution is 2.38. The van der Waals surface area contributed by atoms with E-state index in [-0.39, 0.29) is 2.14 Å². The molecule has 0 N–H and O–H groups in total. The van der Waals surface area contributed by atoms with Crippen LogP contribution in [-0.2, 0) is 4.79 Å². The molecule has 0 aliphatic rings. The molecule has 0 rings (SSSR count). The molecule has 0 aromatic carbocycles. The van der Waals surface area contributed by atoms with E-state index in [1.807, 2.05) is 0 Å². The smallest absolute Gasteiger partial charge is 0.135 e. The Labute approximate surface area is 156 Å². The molecule has 21 heavy (non-hydrogen) atoms. The minimum Gasteiger partial charge on any atom is -0.300 e. The molecule has 0 bridgehead atoms. The molecule has 0 aromatic rings. The topological polar surface area (TPSA) is 17.1 Å². The first-order chi connectivity index (χ1) is 9.92. The predicted octanol–water partition coefficient (Wildman–Crippen LogP) is 7.88. The van der Waals surface area contributed by atoms with Crippen molar-refractivity contribution in [1.29, 1.82) is 0 Å². The summed E-state index contributed by atoms with van der Waals surface area (Å²) in [5, 5.41) is 0. The van der Waals surface area contributed by atoms with Gasteiger partial charge in [-0.2, -0.15) is 0 Å². The summed E-state index contributed by atoms with van der Waals surface area (Å²) in [6.07, 6.45) is 17.8. The zero-order valence-corrected chi connectivity index (χ0v) is 18.2. The summed E-state index contributed by atoms with van der Waals surface area (Å²) in [5.41, 5.74) is 0. The maximum Gasteiger partial charge on any atom is 0.135 e. The Morgan fingerprint density at radius 2 is 1.00 bits per heavy atom. The fraction of sp³-hybridized carbons (Fsp3) is 0.941. The molecule has 126 valence electrons. The highest BCUT2D eigenvalue weighted by Gasteiger charge is 2.15. The molecule has 0 atom stereocenters. The summed E-state index contributed by atoms with van der Waals surface area (Å²) in [7, 11) is 0. The Kier molecular flexibility index (Phi) is 15.5. The van der Waals surface area contributed by atoms with Gasteiger partial charge in [0.05, 0.1) is 0 Å². The zero-order chi connectivity index (χ0) is 16.0. The van der Waals surface area contributed by atoms with E-state index in [4.69, 9.17) is 0 Å². The lowest BCUT2D eigenvalue weighted by atomic mass is 10.0. The van der Waals surface area contributed by atoms with Gasteiger partial charge in [0.15, 0.2) is 0 Å². The van der Waals surface area contributed by atoms with E-state index in [1.165, 1.54) is 70.6 Å². The fourth-order valence-electron chi connectivity index (χ4n) is 2.47. The first-order valence-corrected chi connectivity index (χ1v) is 10.9. The van der Waals surface area contributed by atoms with Crippen LogP contribution >= 0.6 is 47.8 Å². The Morgan fingerprint density at radius 3 is 1.33 bits per heavy atom. The number of ketones is 1. The van der Waals surface area contributed by atoms with Gasteiger partial charge in [0.25, 0.3) is 0 Å². The van der Waals surface area contributed by atoms with Crippen LogP contribution < -0.4 is 0 Å². The third-order valence-electron chi connectivity index (χ3n) is 3.74. The highest BCUT2D eigenvalue weighted by molar-refractivity contribution is 9.39. The second kappa shape index (κ2) is 14.7. The molecule has 4 heteroatoms. The number of hydrogen-bond donors (Lipinski definition) is 0. The molecule has 0 unspecified atom stereocenters. The molecule has 1 nitrogen and oxygen atoms in total. The summed E-state index contributed by atoms with van der Waals surface area (Å²) in [6, 6.07) is 0. The van der Waals surface area contributed by atoms with Crippen LogP contribution in [0.15, 0.2) is 0 Å². The van der Waals surface area contributed by atoms with Crippen LogP contribution in [0.4, 0.5) is 0 Å². The maximum absolute atomic E-state index is 10.8. The molecule has 0 saturated heterocycles. The van der Waals surface area contributed by atoms with E-state index >= 15 is 0 Å². The number of Topliss-reactive ketones (excluding diaryl/α,β-unsaturated/α-hetero) is 1. The summed E-state index contributed by atoms with van der Waals surface area (Å²) in [4.78, 5) is 10.8. The lowest BCUT2D eigenvalue weighted by molar-refractivity contribution is -0.117. The van der Waals surface area contributed by atoms with Gasteiger partial charge >= 0.3 is 0 Å². The summed E-state index contributed by atoms with van der Waals surface area (Å²) in [6.45, 7) is 1.69.